The van der Waals surface area contributed by atoms with Crippen molar-refractivity contribution in [3.8, 4) is 0 Å². The van der Waals surface area contributed by atoms with Crippen LogP contribution < -0.4 is 4.90 Å². The van der Waals surface area contributed by atoms with Crippen molar-refractivity contribution in [3.63, 3.8) is 0 Å². The van der Waals surface area contributed by atoms with Gasteiger partial charge in [0.05, 0.1) is 22.9 Å². The van der Waals surface area contributed by atoms with E-state index in [1.165, 1.54) is 0 Å². The lowest BCUT2D eigenvalue weighted by Gasteiger charge is -2.13. The molecule has 17 heavy (non-hydrogen) atoms. The zero-order valence-electron chi connectivity index (χ0n) is 9.66. The smallest absolute Gasteiger partial charge is 0.0703 e. The van der Waals surface area contributed by atoms with Crippen LogP contribution in [0.25, 0.3) is 21.8 Å². The highest BCUT2D eigenvalue weighted by Crippen LogP contribution is 2.34. The maximum absolute atomic E-state index is 6.17. The maximum atomic E-state index is 6.17. The molecule has 3 aromatic rings. The number of anilines is 1. The van der Waals surface area contributed by atoms with Crippen molar-refractivity contribution in [2.75, 3.05) is 19.0 Å². The molecule has 0 aliphatic rings. The molecule has 0 spiro atoms. The Labute approximate surface area is 104 Å². The van der Waals surface area contributed by atoms with Crippen molar-refractivity contribution in [2.24, 2.45) is 0 Å². The monoisotopic (exact) mass is 245 g/mol. The van der Waals surface area contributed by atoms with Crippen LogP contribution in [0.2, 0.25) is 5.02 Å². The van der Waals surface area contributed by atoms with Gasteiger partial charge in [-0.3, -0.25) is 4.98 Å². The molecule has 0 fully saturated rings. The van der Waals surface area contributed by atoms with Gasteiger partial charge in [-0.2, -0.15) is 0 Å². The molecule has 0 atom stereocenters. The fourth-order valence-corrected chi connectivity index (χ4v) is 2.37. The lowest BCUT2D eigenvalue weighted by Crippen LogP contribution is -2.09. The topological polar surface area (TPSA) is 31.9 Å². The molecule has 2 heterocycles. The summed E-state index contributed by atoms with van der Waals surface area (Å²) >= 11 is 6.17. The number of rotatable bonds is 1. The van der Waals surface area contributed by atoms with Crippen molar-refractivity contribution in [1.82, 2.24) is 9.97 Å². The first-order valence-corrected chi connectivity index (χ1v) is 5.77. The number of nitrogens with zero attached hydrogens (tertiary/aromatic N) is 2. The summed E-state index contributed by atoms with van der Waals surface area (Å²) in [5.74, 6) is 0. The molecule has 1 N–H and O–H groups in total. The first-order chi connectivity index (χ1) is 8.16. The number of nitrogens with one attached hydrogen (secondary N) is 1. The van der Waals surface area contributed by atoms with E-state index < -0.39 is 0 Å². The molecule has 0 aliphatic heterocycles. The lowest BCUT2D eigenvalue weighted by atomic mass is 10.1. The second-order valence-corrected chi connectivity index (χ2v) is 4.72. The van der Waals surface area contributed by atoms with Crippen LogP contribution in [0.5, 0.6) is 0 Å². The van der Waals surface area contributed by atoms with Crippen LogP contribution in [0.1, 0.15) is 0 Å². The van der Waals surface area contributed by atoms with E-state index in [1.54, 1.807) is 6.20 Å². The molecule has 0 bridgehead atoms. The number of hydrogen-bond donors (Lipinski definition) is 1. The van der Waals surface area contributed by atoms with Gasteiger partial charge in [-0.05, 0) is 18.2 Å². The summed E-state index contributed by atoms with van der Waals surface area (Å²) in [5.41, 5.74) is 3.22. The molecule has 0 saturated heterocycles. The van der Waals surface area contributed by atoms with Crippen molar-refractivity contribution in [1.29, 1.82) is 0 Å². The summed E-state index contributed by atoms with van der Waals surface area (Å²) in [4.78, 5) is 9.57. The number of aromatic amines is 1. The Bertz CT molecular complexity index is 700. The van der Waals surface area contributed by atoms with Crippen molar-refractivity contribution in [2.45, 2.75) is 0 Å². The van der Waals surface area contributed by atoms with E-state index in [2.05, 4.69) is 14.9 Å². The van der Waals surface area contributed by atoms with Gasteiger partial charge in [0, 0.05) is 36.1 Å². The highest BCUT2D eigenvalue weighted by molar-refractivity contribution is 6.32. The fourth-order valence-electron chi connectivity index (χ4n) is 2.15. The first kappa shape index (κ1) is 10.4. The van der Waals surface area contributed by atoms with Gasteiger partial charge in [0.2, 0.25) is 0 Å². The second kappa shape index (κ2) is 3.64. The Hall–Kier alpha value is -1.74. The third kappa shape index (κ3) is 1.54. The molecule has 3 rings (SSSR count). The Morgan fingerprint density at radius 2 is 2.06 bits per heavy atom. The van der Waals surface area contributed by atoms with Gasteiger partial charge in [-0.1, -0.05) is 11.6 Å². The summed E-state index contributed by atoms with van der Waals surface area (Å²) in [5, 5.41) is 3.04. The lowest BCUT2D eigenvalue weighted by molar-refractivity contribution is 1.14. The molecule has 4 heteroatoms. The van der Waals surface area contributed by atoms with Crippen molar-refractivity contribution in [3.05, 3.63) is 35.6 Å². The summed E-state index contributed by atoms with van der Waals surface area (Å²) in [6, 6.07) is 5.96. The molecule has 0 aliphatic carbocycles. The van der Waals surface area contributed by atoms with Gasteiger partial charge >= 0.3 is 0 Å². The third-order valence-electron chi connectivity index (χ3n) is 2.94. The van der Waals surface area contributed by atoms with E-state index in [9.17, 15) is 0 Å². The number of benzene rings is 1. The molecule has 0 radical (unpaired) electrons. The number of aromatic nitrogens is 2. The average Bonchev–Trinajstić information content (AvgIpc) is 2.66. The Balaban J connectivity index is 2.51. The van der Waals surface area contributed by atoms with Gasteiger partial charge in [-0.15, -0.1) is 0 Å². The van der Waals surface area contributed by atoms with Gasteiger partial charge in [0.1, 0.15) is 0 Å². The quantitative estimate of drug-likeness (QED) is 0.712. The Morgan fingerprint density at radius 1 is 1.24 bits per heavy atom. The van der Waals surface area contributed by atoms with Gasteiger partial charge in [0.15, 0.2) is 0 Å². The minimum absolute atomic E-state index is 0.749. The zero-order valence-corrected chi connectivity index (χ0v) is 10.4. The Kier molecular flexibility index (Phi) is 2.23. The van der Waals surface area contributed by atoms with Crippen molar-refractivity contribution < 1.29 is 0 Å². The number of pyridine rings is 1. The molecule has 0 unspecified atom stereocenters. The van der Waals surface area contributed by atoms with Crippen LogP contribution >= 0.6 is 11.6 Å². The molecule has 1 aromatic carbocycles. The number of fused-ring (bicyclic) bond motifs is 3. The fraction of sp³-hybridized carbons (Fsp3) is 0.154. The molecular weight excluding hydrogens is 234 g/mol. The highest BCUT2D eigenvalue weighted by atomic mass is 35.5. The van der Waals surface area contributed by atoms with E-state index in [-0.39, 0.29) is 0 Å². The summed E-state index contributed by atoms with van der Waals surface area (Å²) < 4.78 is 0. The SMILES string of the molecule is CN(C)c1cc(Cl)cc2c1[nH]c1cnccc12. The van der Waals surface area contributed by atoms with E-state index in [0.29, 0.717) is 0 Å². The largest absolute Gasteiger partial charge is 0.376 e. The van der Waals surface area contributed by atoms with Crippen LogP contribution in [-0.2, 0) is 0 Å². The molecular formula is C13H12ClN3. The van der Waals surface area contributed by atoms with Gasteiger partial charge < -0.3 is 9.88 Å². The zero-order chi connectivity index (χ0) is 12.0. The number of hydrogen-bond acceptors (Lipinski definition) is 2. The molecule has 0 amide bonds. The maximum Gasteiger partial charge on any atom is 0.0703 e. The standard InChI is InChI=1S/C13H12ClN3/c1-17(2)12-6-8(14)5-10-9-3-4-15-7-11(9)16-13(10)12/h3-7,16H,1-2H3. The number of H-pyrrole nitrogens is 1. The van der Waals surface area contributed by atoms with Gasteiger partial charge in [-0.25, -0.2) is 0 Å². The van der Waals surface area contributed by atoms with Crippen LogP contribution in [0.3, 0.4) is 0 Å². The predicted octanol–water partition coefficient (Wildman–Crippen LogP) is 3.44. The first-order valence-electron chi connectivity index (χ1n) is 5.39. The minimum Gasteiger partial charge on any atom is -0.376 e. The van der Waals surface area contributed by atoms with Crippen LogP contribution in [0, 0.1) is 0 Å². The van der Waals surface area contributed by atoms with Crippen molar-refractivity contribution >= 4 is 39.1 Å². The minimum atomic E-state index is 0.749. The summed E-state index contributed by atoms with van der Waals surface area (Å²) in [6.07, 6.45) is 3.63. The summed E-state index contributed by atoms with van der Waals surface area (Å²) in [7, 11) is 4.02. The van der Waals surface area contributed by atoms with Crippen LogP contribution in [0.15, 0.2) is 30.6 Å². The predicted molar refractivity (Wildman–Crippen MR) is 72.9 cm³/mol. The van der Waals surface area contributed by atoms with Crippen LogP contribution in [0.4, 0.5) is 5.69 Å². The average molecular weight is 246 g/mol. The second-order valence-electron chi connectivity index (χ2n) is 4.29. The molecule has 3 nitrogen and oxygen atoms in total. The molecule has 0 saturated carbocycles. The van der Waals surface area contributed by atoms with E-state index in [4.69, 9.17) is 11.6 Å². The highest BCUT2D eigenvalue weighted by Gasteiger charge is 2.10. The third-order valence-corrected chi connectivity index (χ3v) is 3.15. The Morgan fingerprint density at radius 3 is 2.82 bits per heavy atom. The molecule has 2 aromatic heterocycles. The molecule has 86 valence electrons. The normalized spacial score (nSPS) is 11.2. The van der Waals surface area contributed by atoms with E-state index in [0.717, 1.165) is 32.5 Å². The van der Waals surface area contributed by atoms with E-state index in [1.807, 2.05) is 38.5 Å². The number of halogens is 1. The van der Waals surface area contributed by atoms with Crippen LogP contribution in [-0.4, -0.2) is 24.1 Å². The summed E-state index contributed by atoms with van der Waals surface area (Å²) in [6.45, 7) is 0. The van der Waals surface area contributed by atoms with E-state index >= 15 is 0 Å². The van der Waals surface area contributed by atoms with Gasteiger partial charge in [0.25, 0.3) is 0 Å².